The van der Waals surface area contributed by atoms with Crippen molar-refractivity contribution in [1.82, 2.24) is 0 Å². The maximum atomic E-state index is 6.45. The van der Waals surface area contributed by atoms with Crippen molar-refractivity contribution in [2.45, 2.75) is 63.8 Å². The quantitative estimate of drug-likeness (QED) is 0.648. The van der Waals surface area contributed by atoms with Crippen LogP contribution in [0.25, 0.3) is 0 Å². The normalized spacial score (nSPS) is 54.8. The molecule has 5 atom stereocenters. The molecule has 0 aromatic carbocycles. The number of hydrogen-bond acceptors (Lipinski definition) is 1. The molecule has 2 N–H and O–H groups in total. The summed E-state index contributed by atoms with van der Waals surface area (Å²) in [6.07, 6.45) is 11.6. The van der Waals surface area contributed by atoms with Crippen LogP contribution < -0.4 is 5.73 Å². The molecule has 0 aromatic rings. The first-order chi connectivity index (χ1) is 7.12. The molecule has 2 bridgehead atoms. The Balaban J connectivity index is 1.78. The van der Waals surface area contributed by atoms with Crippen molar-refractivity contribution in [2.75, 3.05) is 0 Å². The van der Waals surface area contributed by atoms with Gasteiger partial charge in [-0.05, 0) is 62.7 Å². The van der Waals surface area contributed by atoms with Gasteiger partial charge in [0.25, 0.3) is 0 Å². The van der Waals surface area contributed by atoms with E-state index in [9.17, 15) is 0 Å². The van der Waals surface area contributed by atoms with Crippen LogP contribution in [0.5, 0.6) is 0 Å². The van der Waals surface area contributed by atoms with E-state index < -0.39 is 0 Å². The molecule has 3 aliphatic rings. The van der Waals surface area contributed by atoms with E-state index >= 15 is 0 Å². The van der Waals surface area contributed by atoms with Gasteiger partial charge in [-0.15, -0.1) is 0 Å². The second-order valence-corrected chi connectivity index (χ2v) is 6.94. The van der Waals surface area contributed by atoms with Crippen LogP contribution in [-0.4, -0.2) is 5.54 Å². The predicted molar refractivity (Wildman–Crippen MR) is 63.5 cm³/mol. The minimum atomic E-state index is 0.146. The molecule has 3 saturated carbocycles. The number of fused-ring (bicyclic) bond motifs is 4. The van der Waals surface area contributed by atoms with Gasteiger partial charge in [-0.1, -0.05) is 19.3 Å². The van der Waals surface area contributed by atoms with Gasteiger partial charge in [-0.3, -0.25) is 0 Å². The standard InChI is InChI=1S/C14H25N/c1-14(15)8-10-2-3-11(9-14)6-13-7-12(13)5-4-10/h10-13H,2-9,15H2,1H3/t10-,11?,12?,13?,14-/m0/s1. The molecule has 0 spiro atoms. The van der Waals surface area contributed by atoms with Gasteiger partial charge in [0.1, 0.15) is 0 Å². The maximum absolute atomic E-state index is 6.45. The van der Waals surface area contributed by atoms with E-state index in [2.05, 4.69) is 6.92 Å². The highest BCUT2D eigenvalue weighted by atomic mass is 14.7. The average Bonchev–Trinajstić information content (AvgIpc) is 2.87. The Kier molecular flexibility index (Phi) is 2.35. The van der Waals surface area contributed by atoms with Crippen LogP contribution in [0, 0.1) is 23.7 Å². The topological polar surface area (TPSA) is 26.0 Å². The zero-order valence-corrected chi connectivity index (χ0v) is 10.0. The highest BCUT2D eigenvalue weighted by Gasteiger charge is 2.42. The fraction of sp³-hybridized carbons (Fsp3) is 1.00. The van der Waals surface area contributed by atoms with Crippen LogP contribution in [0.4, 0.5) is 0 Å². The molecule has 3 rings (SSSR count). The molecule has 0 amide bonds. The van der Waals surface area contributed by atoms with Gasteiger partial charge >= 0.3 is 0 Å². The molecule has 0 aliphatic heterocycles. The summed E-state index contributed by atoms with van der Waals surface area (Å²) in [5.41, 5.74) is 6.59. The van der Waals surface area contributed by atoms with E-state index in [1.165, 1.54) is 44.9 Å². The molecule has 86 valence electrons. The van der Waals surface area contributed by atoms with Crippen molar-refractivity contribution < 1.29 is 0 Å². The second-order valence-electron chi connectivity index (χ2n) is 6.94. The lowest BCUT2D eigenvalue weighted by atomic mass is 9.82. The molecular formula is C14H25N. The summed E-state index contributed by atoms with van der Waals surface area (Å²) in [7, 11) is 0. The smallest absolute Gasteiger partial charge is 0.0131 e. The van der Waals surface area contributed by atoms with Crippen molar-refractivity contribution in [1.29, 1.82) is 0 Å². The monoisotopic (exact) mass is 207 g/mol. The van der Waals surface area contributed by atoms with Gasteiger partial charge in [0.05, 0.1) is 0 Å². The fourth-order valence-corrected chi connectivity index (χ4v) is 4.36. The first-order valence-corrected chi connectivity index (χ1v) is 6.91. The van der Waals surface area contributed by atoms with Gasteiger partial charge in [-0.25, -0.2) is 0 Å². The predicted octanol–water partition coefficient (Wildman–Crippen LogP) is 3.33. The van der Waals surface area contributed by atoms with E-state index in [1.807, 2.05) is 0 Å². The van der Waals surface area contributed by atoms with E-state index in [4.69, 9.17) is 5.73 Å². The third-order valence-corrected chi connectivity index (χ3v) is 5.14. The zero-order chi connectivity index (χ0) is 10.5. The van der Waals surface area contributed by atoms with Gasteiger partial charge in [-0.2, -0.15) is 0 Å². The van der Waals surface area contributed by atoms with Gasteiger partial charge < -0.3 is 5.73 Å². The fourth-order valence-electron chi connectivity index (χ4n) is 4.36. The summed E-state index contributed by atoms with van der Waals surface area (Å²) >= 11 is 0. The summed E-state index contributed by atoms with van der Waals surface area (Å²) < 4.78 is 0. The Morgan fingerprint density at radius 1 is 0.867 bits per heavy atom. The third kappa shape index (κ3) is 2.22. The molecule has 3 unspecified atom stereocenters. The molecule has 3 fully saturated rings. The molecule has 0 saturated heterocycles. The van der Waals surface area contributed by atoms with Crippen molar-refractivity contribution in [3.63, 3.8) is 0 Å². The summed E-state index contributed by atoms with van der Waals surface area (Å²) in [5.74, 6) is 4.13. The summed E-state index contributed by atoms with van der Waals surface area (Å²) in [5, 5.41) is 0. The molecule has 15 heavy (non-hydrogen) atoms. The van der Waals surface area contributed by atoms with Crippen LogP contribution in [0.2, 0.25) is 0 Å². The zero-order valence-electron chi connectivity index (χ0n) is 10.0. The van der Waals surface area contributed by atoms with Crippen LogP contribution in [0.3, 0.4) is 0 Å². The van der Waals surface area contributed by atoms with E-state index in [-0.39, 0.29) is 5.54 Å². The summed E-state index contributed by atoms with van der Waals surface area (Å²) in [6, 6.07) is 0. The Bertz CT molecular complexity index is 246. The van der Waals surface area contributed by atoms with Crippen molar-refractivity contribution in [3.05, 3.63) is 0 Å². The van der Waals surface area contributed by atoms with Crippen LogP contribution in [-0.2, 0) is 0 Å². The highest BCUT2D eigenvalue weighted by Crippen LogP contribution is 2.51. The van der Waals surface area contributed by atoms with Crippen molar-refractivity contribution >= 4 is 0 Å². The van der Waals surface area contributed by atoms with E-state index in [1.54, 1.807) is 6.42 Å². The lowest BCUT2D eigenvalue weighted by Gasteiger charge is -2.29. The molecular weight excluding hydrogens is 182 g/mol. The molecule has 1 nitrogen and oxygen atoms in total. The third-order valence-electron chi connectivity index (χ3n) is 5.14. The van der Waals surface area contributed by atoms with Crippen LogP contribution >= 0.6 is 0 Å². The van der Waals surface area contributed by atoms with Crippen molar-refractivity contribution in [2.24, 2.45) is 29.4 Å². The minimum Gasteiger partial charge on any atom is -0.325 e. The lowest BCUT2D eigenvalue weighted by molar-refractivity contribution is 0.284. The summed E-state index contributed by atoms with van der Waals surface area (Å²) in [6.45, 7) is 2.30. The molecule has 0 heterocycles. The van der Waals surface area contributed by atoms with Crippen molar-refractivity contribution in [3.8, 4) is 0 Å². The second kappa shape index (κ2) is 3.48. The van der Waals surface area contributed by atoms with Gasteiger partial charge in [0.2, 0.25) is 0 Å². The Labute approximate surface area is 93.8 Å². The number of rotatable bonds is 0. The first-order valence-electron chi connectivity index (χ1n) is 6.91. The van der Waals surface area contributed by atoms with Gasteiger partial charge in [0, 0.05) is 5.54 Å². The van der Waals surface area contributed by atoms with Gasteiger partial charge in [0.15, 0.2) is 0 Å². The van der Waals surface area contributed by atoms with Crippen LogP contribution in [0.1, 0.15) is 58.3 Å². The molecule has 0 aromatic heterocycles. The highest BCUT2D eigenvalue weighted by molar-refractivity contribution is 4.95. The molecule has 3 aliphatic carbocycles. The molecule has 1 heteroatoms. The Morgan fingerprint density at radius 2 is 1.53 bits per heavy atom. The maximum Gasteiger partial charge on any atom is 0.0131 e. The minimum absolute atomic E-state index is 0.146. The average molecular weight is 207 g/mol. The molecule has 0 radical (unpaired) electrons. The lowest BCUT2D eigenvalue weighted by Crippen LogP contribution is -2.38. The SMILES string of the molecule is C[C@@]1(N)CC2CC[C@@H](CCC3CC3C2)C1. The number of hydrogen-bond donors (Lipinski definition) is 1. The van der Waals surface area contributed by atoms with E-state index in [0.717, 1.165) is 23.7 Å². The van der Waals surface area contributed by atoms with E-state index in [0.29, 0.717) is 0 Å². The summed E-state index contributed by atoms with van der Waals surface area (Å²) in [4.78, 5) is 0. The van der Waals surface area contributed by atoms with Crippen LogP contribution in [0.15, 0.2) is 0 Å². The Hall–Kier alpha value is -0.0400. The number of nitrogens with two attached hydrogens (primary N) is 1. The largest absolute Gasteiger partial charge is 0.325 e. The Morgan fingerprint density at radius 3 is 2.40 bits per heavy atom. The first kappa shape index (κ1) is 10.1.